The second kappa shape index (κ2) is 8.09. The molecule has 2 heterocycles. The first-order chi connectivity index (χ1) is 13.0. The molecule has 0 saturated carbocycles. The molecule has 0 saturated heterocycles. The van der Waals surface area contributed by atoms with Crippen molar-refractivity contribution in [1.29, 1.82) is 0 Å². The van der Waals surface area contributed by atoms with Gasteiger partial charge in [-0.2, -0.15) is 0 Å². The summed E-state index contributed by atoms with van der Waals surface area (Å²) in [4.78, 5) is 40.0. The van der Waals surface area contributed by atoms with Gasteiger partial charge in [-0.25, -0.2) is 4.98 Å². The highest BCUT2D eigenvalue weighted by Crippen LogP contribution is 2.32. The fourth-order valence-corrected chi connectivity index (χ4v) is 3.50. The number of nitro benzene ring substituents is 1. The van der Waals surface area contributed by atoms with E-state index in [1.54, 1.807) is 17.5 Å². The van der Waals surface area contributed by atoms with Crippen molar-refractivity contribution in [1.82, 2.24) is 9.55 Å². The summed E-state index contributed by atoms with van der Waals surface area (Å²) in [5.41, 5.74) is 0.674. The topological polar surface area (TPSA) is 104 Å². The van der Waals surface area contributed by atoms with Crippen molar-refractivity contribution < 1.29 is 14.5 Å². The molecule has 0 radical (unpaired) electrons. The lowest BCUT2D eigenvalue weighted by molar-refractivity contribution is -0.384. The van der Waals surface area contributed by atoms with E-state index in [4.69, 9.17) is 4.74 Å². The molecule has 3 aromatic rings. The van der Waals surface area contributed by atoms with E-state index in [1.165, 1.54) is 34.4 Å². The van der Waals surface area contributed by atoms with Crippen molar-refractivity contribution in [2.45, 2.75) is 26.3 Å². The monoisotopic (exact) mass is 387 g/mol. The highest BCUT2D eigenvalue weighted by atomic mass is 32.1. The molecule has 0 amide bonds. The summed E-state index contributed by atoms with van der Waals surface area (Å²) in [7, 11) is 0. The van der Waals surface area contributed by atoms with Crippen molar-refractivity contribution in [2.24, 2.45) is 0 Å². The summed E-state index contributed by atoms with van der Waals surface area (Å²) in [6, 6.07) is 6.07. The predicted molar refractivity (Wildman–Crippen MR) is 102 cm³/mol. The Morgan fingerprint density at radius 3 is 2.96 bits per heavy atom. The van der Waals surface area contributed by atoms with E-state index in [0.717, 1.165) is 12.8 Å². The quantitative estimate of drug-likeness (QED) is 0.266. The lowest BCUT2D eigenvalue weighted by atomic mass is 10.1. The second-order valence-electron chi connectivity index (χ2n) is 5.89. The summed E-state index contributed by atoms with van der Waals surface area (Å²) >= 11 is 1.27. The van der Waals surface area contributed by atoms with Gasteiger partial charge in [0.1, 0.15) is 11.4 Å². The Bertz CT molecular complexity index is 1060. The number of rotatable bonds is 7. The van der Waals surface area contributed by atoms with Crippen LogP contribution < -0.4 is 5.56 Å². The Morgan fingerprint density at radius 2 is 2.22 bits per heavy atom. The van der Waals surface area contributed by atoms with Crippen molar-refractivity contribution in [3.05, 3.63) is 56.4 Å². The normalized spacial score (nSPS) is 10.9. The maximum atomic E-state index is 12.9. The lowest BCUT2D eigenvalue weighted by Crippen LogP contribution is -2.25. The third kappa shape index (κ3) is 4.03. The fourth-order valence-electron chi connectivity index (χ4n) is 2.59. The number of carbonyl (C=O) groups is 1. The molecule has 0 aliphatic carbocycles. The highest BCUT2D eigenvalue weighted by molar-refractivity contribution is 7.17. The van der Waals surface area contributed by atoms with Gasteiger partial charge in [-0.1, -0.05) is 25.5 Å². The Kier molecular flexibility index (Phi) is 5.60. The van der Waals surface area contributed by atoms with Gasteiger partial charge in [0.05, 0.1) is 23.2 Å². The number of unbranched alkanes of at least 4 members (excludes halogenated alkanes) is 1. The molecule has 0 aliphatic heterocycles. The molecule has 9 heteroatoms. The van der Waals surface area contributed by atoms with Gasteiger partial charge in [-0.15, -0.1) is 11.3 Å². The predicted octanol–water partition coefficient (Wildman–Crippen LogP) is 3.38. The average molecular weight is 387 g/mol. The number of aromatic nitrogens is 2. The van der Waals surface area contributed by atoms with E-state index in [0.29, 0.717) is 28.0 Å². The molecule has 0 aliphatic rings. The SMILES string of the molecule is CCCCOC(=O)Cn1cnc2scc(-c3cccc([N+](=O)[O-])c3)c2c1=O. The van der Waals surface area contributed by atoms with Crippen LogP contribution in [0.1, 0.15) is 19.8 Å². The summed E-state index contributed by atoms with van der Waals surface area (Å²) in [6.45, 7) is 2.08. The molecule has 140 valence electrons. The van der Waals surface area contributed by atoms with Crippen molar-refractivity contribution in [3.8, 4) is 11.1 Å². The first-order valence-electron chi connectivity index (χ1n) is 8.38. The average Bonchev–Trinajstić information content (AvgIpc) is 3.09. The first-order valence-corrected chi connectivity index (χ1v) is 9.26. The van der Waals surface area contributed by atoms with Gasteiger partial charge in [-0.3, -0.25) is 24.3 Å². The molecule has 1 aromatic carbocycles. The summed E-state index contributed by atoms with van der Waals surface area (Å²) in [6.07, 6.45) is 2.99. The molecule has 3 rings (SSSR count). The largest absolute Gasteiger partial charge is 0.464 e. The molecular weight excluding hydrogens is 370 g/mol. The molecule has 0 fully saturated rings. The molecule has 27 heavy (non-hydrogen) atoms. The number of hydrogen-bond donors (Lipinski definition) is 0. The third-order valence-corrected chi connectivity index (χ3v) is 4.88. The number of fused-ring (bicyclic) bond motifs is 1. The first kappa shape index (κ1) is 18.7. The zero-order chi connectivity index (χ0) is 19.4. The van der Waals surface area contributed by atoms with Crippen LogP contribution in [-0.2, 0) is 16.1 Å². The van der Waals surface area contributed by atoms with E-state index < -0.39 is 10.9 Å². The molecule has 0 atom stereocenters. The standard InChI is InChI=1S/C18H17N3O5S/c1-2-3-7-26-15(22)9-20-11-19-17-16(18(20)23)14(10-27-17)12-5-4-6-13(8-12)21(24)25/h4-6,8,10-11H,2-3,7,9H2,1H3. The van der Waals surface area contributed by atoms with Crippen LogP contribution >= 0.6 is 11.3 Å². The number of thiophene rings is 1. The Balaban J connectivity index is 1.97. The van der Waals surface area contributed by atoms with Gasteiger partial charge >= 0.3 is 5.97 Å². The zero-order valence-corrected chi connectivity index (χ0v) is 15.4. The fraction of sp³-hybridized carbons (Fsp3) is 0.278. The molecule has 8 nitrogen and oxygen atoms in total. The third-order valence-electron chi connectivity index (χ3n) is 3.99. The minimum Gasteiger partial charge on any atom is -0.464 e. The maximum absolute atomic E-state index is 12.9. The van der Waals surface area contributed by atoms with Crippen LogP contribution in [0.5, 0.6) is 0 Å². The van der Waals surface area contributed by atoms with Crippen LogP contribution in [0.2, 0.25) is 0 Å². The summed E-state index contributed by atoms with van der Waals surface area (Å²) < 4.78 is 6.29. The number of non-ortho nitro benzene ring substituents is 1. The Labute approximate surface area is 158 Å². The zero-order valence-electron chi connectivity index (χ0n) is 14.6. The van der Waals surface area contributed by atoms with Gasteiger partial charge < -0.3 is 4.74 Å². The lowest BCUT2D eigenvalue weighted by Gasteiger charge is -2.07. The van der Waals surface area contributed by atoms with Crippen LogP contribution in [0.4, 0.5) is 5.69 Å². The van der Waals surface area contributed by atoms with Crippen molar-refractivity contribution in [3.63, 3.8) is 0 Å². The van der Waals surface area contributed by atoms with E-state index in [9.17, 15) is 19.7 Å². The van der Waals surface area contributed by atoms with E-state index in [2.05, 4.69) is 4.98 Å². The molecule has 0 bridgehead atoms. The molecule has 0 N–H and O–H groups in total. The number of nitrogens with zero attached hydrogens (tertiary/aromatic N) is 3. The number of carbonyl (C=O) groups excluding carboxylic acids is 1. The molecule has 0 unspecified atom stereocenters. The van der Waals surface area contributed by atoms with Crippen LogP contribution in [0.25, 0.3) is 21.3 Å². The maximum Gasteiger partial charge on any atom is 0.326 e. The van der Waals surface area contributed by atoms with Gasteiger partial charge in [0.2, 0.25) is 0 Å². The minimum atomic E-state index is -0.501. The molecule has 0 spiro atoms. The number of hydrogen-bond acceptors (Lipinski definition) is 7. The molecule has 2 aromatic heterocycles. The van der Waals surface area contributed by atoms with Crippen LogP contribution in [0, 0.1) is 10.1 Å². The number of benzene rings is 1. The summed E-state index contributed by atoms with van der Waals surface area (Å²) in [5, 5.41) is 13.1. The Morgan fingerprint density at radius 1 is 1.41 bits per heavy atom. The minimum absolute atomic E-state index is 0.0597. The highest BCUT2D eigenvalue weighted by Gasteiger charge is 2.16. The number of nitro groups is 1. The van der Waals surface area contributed by atoms with Crippen molar-refractivity contribution >= 4 is 33.2 Å². The number of esters is 1. The molecular formula is C18H17N3O5S. The summed E-state index contributed by atoms with van der Waals surface area (Å²) in [5.74, 6) is -0.501. The number of ether oxygens (including phenoxy) is 1. The van der Waals surface area contributed by atoms with E-state index >= 15 is 0 Å². The van der Waals surface area contributed by atoms with Crippen LogP contribution in [0.15, 0.2) is 40.8 Å². The van der Waals surface area contributed by atoms with E-state index in [1.807, 2.05) is 6.92 Å². The van der Waals surface area contributed by atoms with Gasteiger partial charge in [0, 0.05) is 23.1 Å². The van der Waals surface area contributed by atoms with E-state index in [-0.39, 0.29) is 17.8 Å². The van der Waals surface area contributed by atoms with Crippen molar-refractivity contribution in [2.75, 3.05) is 6.61 Å². The van der Waals surface area contributed by atoms with Gasteiger partial charge in [0.15, 0.2) is 0 Å². The van der Waals surface area contributed by atoms with Gasteiger partial charge in [0.25, 0.3) is 11.2 Å². The Hall–Kier alpha value is -3.07. The van der Waals surface area contributed by atoms with Gasteiger partial charge in [-0.05, 0) is 12.0 Å². The second-order valence-corrected chi connectivity index (χ2v) is 6.75. The van der Waals surface area contributed by atoms with Crippen LogP contribution in [-0.4, -0.2) is 27.1 Å². The van der Waals surface area contributed by atoms with Crippen LogP contribution in [0.3, 0.4) is 0 Å². The smallest absolute Gasteiger partial charge is 0.326 e.